The Bertz CT molecular complexity index is 903. The van der Waals surface area contributed by atoms with Gasteiger partial charge in [0.2, 0.25) is 0 Å². The number of ether oxygens (including phenoxy) is 1. The van der Waals surface area contributed by atoms with Crippen LogP contribution >= 0.6 is 22.6 Å². The minimum absolute atomic E-state index is 0.338. The molecule has 0 spiro atoms. The first-order valence-electron chi connectivity index (χ1n) is 6.28. The van der Waals surface area contributed by atoms with Crippen molar-refractivity contribution in [3.63, 3.8) is 0 Å². The van der Waals surface area contributed by atoms with E-state index in [4.69, 9.17) is 0 Å². The molecule has 1 aliphatic heterocycles. The molecule has 0 atom stereocenters. The zero-order valence-corrected chi connectivity index (χ0v) is 13.7. The Kier molecular flexibility index (Phi) is 4.08. The summed E-state index contributed by atoms with van der Waals surface area (Å²) < 4.78 is 98.5. The van der Waals surface area contributed by atoms with Crippen molar-refractivity contribution in [2.45, 2.75) is 6.11 Å². The zero-order chi connectivity index (χ0) is 18.7. The van der Waals surface area contributed by atoms with Gasteiger partial charge in [0, 0.05) is 11.6 Å². The highest BCUT2D eigenvalue weighted by Gasteiger charge is 2.46. The summed E-state index contributed by atoms with van der Waals surface area (Å²) in [7, 11) is 0. The molecular weight excluding hydrogens is 474 g/mol. The Labute approximate surface area is 147 Å². The number of rotatable bonds is 1. The number of fused-ring (bicyclic) bond motifs is 1. The van der Waals surface area contributed by atoms with Crippen LogP contribution in [0.3, 0.4) is 0 Å². The van der Waals surface area contributed by atoms with Gasteiger partial charge in [-0.05, 0) is 28.7 Å². The van der Waals surface area contributed by atoms with E-state index in [1.807, 2.05) is 0 Å². The number of amides is 1. The number of hydrogen-bond donors (Lipinski definition) is 1. The first kappa shape index (κ1) is 17.8. The standard InChI is InChI=1S/C14H3F7INO2/c15-4-2-6-5(23-13(24)14(20,21)25-6)1-3(4)7-8(16)10(18)11(19)12(22)9(7)17/h1-2H,(H,23,24). The van der Waals surface area contributed by atoms with E-state index in [-0.39, 0.29) is 0 Å². The summed E-state index contributed by atoms with van der Waals surface area (Å²) in [6, 6.07) is 0.914. The maximum Gasteiger partial charge on any atom is 0.482 e. The van der Waals surface area contributed by atoms with Crippen LogP contribution < -0.4 is 10.1 Å². The van der Waals surface area contributed by atoms with Crippen LogP contribution in [0.25, 0.3) is 11.1 Å². The van der Waals surface area contributed by atoms with E-state index in [0.717, 1.165) is 22.6 Å². The molecule has 3 nitrogen and oxygen atoms in total. The highest BCUT2D eigenvalue weighted by molar-refractivity contribution is 14.1. The van der Waals surface area contributed by atoms with Crippen LogP contribution in [-0.4, -0.2) is 12.0 Å². The summed E-state index contributed by atoms with van der Waals surface area (Å²) in [4.78, 5) is 11.2. The Hall–Kier alpha value is -2.05. The summed E-state index contributed by atoms with van der Waals surface area (Å²) in [5.74, 6) is -11.6. The fourth-order valence-electron chi connectivity index (χ4n) is 2.15. The molecule has 0 aromatic heterocycles. The third-order valence-electron chi connectivity index (χ3n) is 3.30. The van der Waals surface area contributed by atoms with Crippen molar-refractivity contribution < 1.29 is 40.3 Å². The van der Waals surface area contributed by atoms with E-state index < -0.39 is 67.2 Å². The molecule has 0 unspecified atom stereocenters. The molecule has 1 amide bonds. The molecule has 0 aliphatic carbocycles. The number of halogens is 8. The van der Waals surface area contributed by atoms with Gasteiger partial charge in [0.25, 0.3) is 0 Å². The SMILES string of the molecule is O=C1Nc2cc(-c3c(F)c(F)c(F)c(I)c3F)c(F)cc2OC1(F)F. The second kappa shape index (κ2) is 5.75. The molecule has 132 valence electrons. The molecule has 0 bridgehead atoms. The maximum absolute atomic E-state index is 14.1. The fourth-order valence-corrected chi connectivity index (χ4v) is 2.66. The lowest BCUT2D eigenvalue weighted by molar-refractivity contribution is -0.189. The highest BCUT2D eigenvalue weighted by Crippen LogP contribution is 2.41. The second-order valence-electron chi connectivity index (χ2n) is 4.85. The lowest BCUT2D eigenvalue weighted by Crippen LogP contribution is -2.43. The van der Waals surface area contributed by atoms with Gasteiger partial charge in [0.05, 0.1) is 14.8 Å². The van der Waals surface area contributed by atoms with Gasteiger partial charge in [0.15, 0.2) is 29.0 Å². The average Bonchev–Trinajstić information content (AvgIpc) is 2.53. The van der Waals surface area contributed by atoms with Gasteiger partial charge in [-0.2, -0.15) is 8.78 Å². The van der Waals surface area contributed by atoms with Crippen LogP contribution in [0.1, 0.15) is 0 Å². The summed E-state index contributed by atoms with van der Waals surface area (Å²) in [6.07, 6.45) is -4.27. The Morgan fingerprint density at radius 2 is 1.60 bits per heavy atom. The quantitative estimate of drug-likeness (QED) is 0.283. The summed E-state index contributed by atoms with van der Waals surface area (Å²) >= 11 is 1.05. The summed E-state index contributed by atoms with van der Waals surface area (Å²) in [6.45, 7) is 0. The molecule has 0 saturated heterocycles. The van der Waals surface area contributed by atoms with Crippen molar-refractivity contribution in [1.82, 2.24) is 0 Å². The van der Waals surface area contributed by atoms with Crippen molar-refractivity contribution in [2.75, 3.05) is 5.32 Å². The molecule has 11 heteroatoms. The molecule has 2 aromatic carbocycles. The first-order valence-corrected chi connectivity index (χ1v) is 7.36. The van der Waals surface area contributed by atoms with Crippen LogP contribution in [-0.2, 0) is 4.79 Å². The molecule has 0 fully saturated rings. The lowest BCUT2D eigenvalue weighted by atomic mass is 10.0. The van der Waals surface area contributed by atoms with Crippen molar-refractivity contribution in [1.29, 1.82) is 0 Å². The molecule has 3 rings (SSSR count). The molecule has 25 heavy (non-hydrogen) atoms. The lowest BCUT2D eigenvalue weighted by Gasteiger charge is -2.25. The average molecular weight is 477 g/mol. The number of hydrogen-bond acceptors (Lipinski definition) is 2. The van der Waals surface area contributed by atoms with Crippen LogP contribution in [0, 0.1) is 32.7 Å². The number of alkyl halides is 2. The van der Waals surface area contributed by atoms with Gasteiger partial charge in [-0.25, -0.2) is 22.0 Å². The number of nitrogens with one attached hydrogen (secondary N) is 1. The van der Waals surface area contributed by atoms with E-state index in [2.05, 4.69) is 4.74 Å². The van der Waals surface area contributed by atoms with Gasteiger partial charge < -0.3 is 10.1 Å². The molecule has 0 saturated carbocycles. The van der Waals surface area contributed by atoms with Crippen LogP contribution in [0.4, 0.5) is 36.4 Å². The van der Waals surface area contributed by atoms with Crippen molar-refractivity contribution >= 4 is 34.2 Å². The maximum atomic E-state index is 14.1. The summed E-state index contributed by atoms with van der Waals surface area (Å²) in [5, 5.41) is 1.67. The number of carbonyl (C=O) groups excluding carboxylic acids is 1. The molecule has 2 aromatic rings. The molecule has 1 N–H and O–H groups in total. The van der Waals surface area contributed by atoms with Crippen molar-refractivity contribution in [3.05, 3.63) is 44.8 Å². The Morgan fingerprint density at radius 3 is 2.24 bits per heavy atom. The predicted octanol–water partition coefficient (Wildman–Crippen LogP) is 4.58. The van der Waals surface area contributed by atoms with Gasteiger partial charge in [-0.1, -0.05) is 0 Å². The smallest absolute Gasteiger partial charge is 0.423 e. The van der Waals surface area contributed by atoms with E-state index in [1.165, 1.54) is 0 Å². The predicted molar refractivity (Wildman–Crippen MR) is 78.6 cm³/mol. The first-order chi connectivity index (χ1) is 11.5. The third kappa shape index (κ3) is 2.69. The number of anilines is 1. The minimum Gasteiger partial charge on any atom is -0.423 e. The van der Waals surface area contributed by atoms with E-state index in [9.17, 15) is 35.5 Å². The summed E-state index contributed by atoms with van der Waals surface area (Å²) in [5.41, 5.74) is -2.69. The van der Waals surface area contributed by atoms with Gasteiger partial charge in [0.1, 0.15) is 5.82 Å². The monoisotopic (exact) mass is 477 g/mol. The molecular formula is C14H3F7INO2. The normalized spacial score (nSPS) is 15.4. The molecule has 0 radical (unpaired) electrons. The van der Waals surface area contributed by atoms with E-state index >= 15 is 0 Å². The largest absolute Gasteiger partial charge is 0.482 e. The van der Waals surface area contributed by atoms with E-state index in [0.29, 0.717) is 12.1 Å². The van der Waals surface area contributed by atoms with Crippen molar-refractivity contribution in [3.8, 4) is 16.9 Å². The number of benzene rings is 2. The zero-order valence-electron chi connectivity index (χ0n) is 11.5. The second-order valence-corrected chi connectivity index (χ2v) is 5.92. The van der Waals surface area contributed by atoms with Crippen LogP contribution in [0.5, 0.6) is 5.75 Å². The van der Waals surface area contributed by atoms with E-state index in [1.54, 1.807) is 5.32 Å². The Balaban J connectivity index is 2.25. The Morgan fingerprint density at radius 1 is 0.960 bits per heavy atom. The van der Waals surface area contributed by atoms with Gasteiger partial charge in [-0.15, -0.1) is 0 Å². The van der Waals surface area contributed by atoms with Crippen LogP contribution in [0.2, 0.25) is 0 Å². The third-order valence-corrected chi connectivity index (χ3v) is 4.25. The van der Waals surface area contributed by atoms with Gasteiger partial charge in [-0.3, -0.25) is 4.79 Å². The minimum atomic E-state index is -4.27. The molecule has 1 aliphatic rings. The topological polar surface area (TPSA) is 38.3 Å². The van der Waals surface area contributed by atoms with Crippen molar-refractivity contribution in [2.24, 2.45) is 0 Å². The van der Waals surface area contributed by atoms with Crippen LogP contribution in [0.15, 0.2) is 12.1 Å². The molecule has 1 heterocycles. The highest BCUT2D eigenvalue weighted by atomic mass is 127. The van der Waals surface area contributed by atoms with Gasteiger partial charge >= 0.3 is 12.0 Å². The fraction of sp³-hybridized carbons (Fsp3) is 0.0714. The number of carbonyl (C=O) groups is 1.